The van der Waals surface area contributed by atoms with Gasteiger partial charge in [-0.15, -0.1) is 0 Å². The molecule has 1 amide bonds. The molecule has 0 aliphatic rings. The summed E-state index contributed by atoms with van der Waals surface area (Å²) < 4.78 is 7.57. The summed E-state index contributed by atoms with van der Waals surface area (Å²) in [5.41, 5.74) is 3.05. The van der Waals surface area contributed by atoms with Gasteiger partial charge in [-0.25, -0.2) is 4.79 Å². The number of halogens is 1. The number of anilines is 1. The summed E-state index contributed by atoms with van der Waals surface area (Å²) in [4.78, 5) is 23.6. The molecule has 0 unspecified atom stereocenters. The fourth-order valence-electron chi connectivity index (χ4n) is 2.05. The Labute approximate surface area is 148 Å². The molecule has 0 saturated carbocycles. The predicted molar refractivity (Wildman–Crippen MR) is 95.4 cm³/mol. The minimum absolute atomic E-state index is 0.350. The number of benzene rings is 1. The van der Waals surface area contributed by atoms with Gasteiger partial charge in [0.25, 0.3) is 5.91 Å². The molecular weight excluding hydrogens is 374 g/mol. The van der Waals surface area contributed by atoms with Crippen LogP contribution < -0.4 is 5.32 Å². The maximum absolute atomic E-state index is 11.9. The van der Waals surface area contributed by atoms with Crippen LogP contribution >= 0.6 is 15.9 Å². The first-order chi connectivity index (χ1) is 11.4. The van der Waals surface area contributed by atoms with E-state index in [1.54, 1.807) is 24.7 Å². The summed E-state index contributed by atoms with van der Waals surface area (Å²) in [6, 6.07) is 7.46. The molecule has 1 aromatic heterocycles. The minimum atomic E-state index is -0.576. The Hall–Kier alpha value is -2.41. The Morgan fingerprint density at radius 3 is 2.54 bits per heavy atom. The first-order valence-electron chi connectivity index (χ1n) is 7.27. The van der Waals surface area contributed by atoms with E-state index >= 15 is 0 Å². The van der Waals surface area contributed by atoms with Gasteiger partial charge in [-0.2, -0.15) is 5.10 Å². The van der Waals surface area contributed by atoms with E-state index < -0.39 is 11.9 Å². The van der Waals surface area contributed by atoms with E-state index in [0.717, 1.165) is 15.7 Å². The van der Waals surface area contributed by atoms with E-state index in [9.17, 15) is 9.59 Å². The Kier molecular flexibility index (Phi) is 5.92. The highest BCUT2D eigenvalue weighted by Gasteiger charge is 2.13. The van der Waals surface area contributed by atoms with Gasteiger partial charge in [0.05, 0.1) is 17.1 Å². The third kappa shape index (κ3) is 4.79. The fourth-order valence-corrected chi connectivity index (χ4v) is 2.32. The van der Waals surface area contributed by atoms with Crippen molar-refractivity contribution in [3.05, 3.63) is 51.8 Å². The molecule has 0 saturated heterocycles. The van der Waals surface area contributed by atoms with Gasteiger partial charge in [-0.3, -0.25) is 9.48 Å². The van der Waals surface area contributed by atoms with Crippen molar-refractivity contribution in [2.24, 2.45) is 7.05 Å². The van der Waals surface area contributed by atoms with Crippen molar-refractivity contribution in [1.82, 2.24) is 9.78 Å². The van der Waals surface area contributed by atoms with Crippen molar-refractivity contribution < 1.29 is 14.3 Å². The highest BCUT2D eigenvalue weighted by Crippen LogP contribution is 2.18. The Bertz CT molecular complexity index is 779. The molecular formula is C17H18BrN3O3. The lowest BCUT2D eigenvalue weighted by molar-refractivity contribution is -0.142. The van der Waals surface area contributed by atoms with Gasteiger partial charge in [0.2, 0.25) is 0 Å². The molecule has 126 valence electrons. The smallest absolute Gasteiger partial charge is 0.331 e. The van der Waals surface area contributed by atoms with Crippen LogP contribution in [-0.4, -0.2) is 28.3 Å². The number of nitrogens with zero attached hydrogens (tertiary/aromatic N) is 2. The number of aromatic nitrogens is 2. The molecule has 0 atom stereocenters. The van der Waals surface area contributed by atoms with Crippen LogP contribution in [0.5, 0.6) is 0 Å². The number of carbonyl (C=O) groups is 2. The van der Waals surface area contributed by atoms with E-state index in [4.69, 9.17) is 4.74 Å². The van der Waals surface area contributed by atoms with E-state index in [1.165, 1.54) is 6.08 Å². The second-order valence-electron chi connectivity index (χ2n) is 5.21. The standard InChI is InChI=1S/C17H18BrN3O3/c1-11-17(12(2)21(3)20-11)19-15(22)10-24-16(23)9-6-13-4-7-14(18)8-5-13/h4-9H,10H2,1-3H3,(H,19,22)/b9-6+. The monoisotopic (exact) mass is 391 g/mol. The predicted octanol–water partition coefficient (Wildman–Crippen LogP) is 2.99. The average Bonchev–Trinajstić information content (AvgIpc) is 2.78. The molecule has 1 aromatic carbocycles. The van der Waals surface area contributed by atoms with Crippen LogP contribution in [0.3, 0.4) is 0 Å². The molecule has 6 nitrogen and oxygen atoms in total. The first-order valence-corrected chi connectivity index (χ1v) is 8.06. The number of hydrogen-bond acceptors (Lipinski definition) is 4. The van der Waals surface area contributed by atoms with Crippen LogP contribution in [0.2, 0.25) is 0 Å². The molecule has 0 aliphatic carbocycles. The minimum Gasteiger partial charge on any atom is -0.452 e. The number of esters is 1. The van der Waals surface area contributed by atoms with E-state index in [-0.39, 0.29) is 6.61 Å². The molecule has 24 heavy (non-hydrogen) atoms. The summed E-state index contributed by atoms with van der Waals surface area (Å²) in [5, 5.41) is 6.91. The second-order valence-corrected chi connectivity index (χ2v) is 6.13. The van der Waals surface area contributed by atoms with Crippen molar-refractivity contribution in [1.29, 1.82) is 0 Å². The van der Waals surface area contributed by atoms with Crippen LogP contribution in [0.4, 0.5) is 5.69 Å². The first kappa shape index (κ1) is 17.9. The molecule has 2 aromatic rings. The molecule has 1 N–H and O–H groups in total. The Morgan fingerprint density at radius 1 is 1.29 bits per heavy atom. The lowest BCUT2D eigenvalue weighted by atomic mass is 10.2. The van der Waals surface area contributed by atoms with Crippen LogP contribution in [0.15, 0.2) is 34.8 Å². The molecule has 0 aliphatic heterocycles. The highest BCUT2D eigenvalue weighted by atomic mass is 79.9. The lowest BCUT2D eigenvalue weighted by Crippen LogP contribution is -2.20. The topological polar surface area (TPSA) is 73.2 Å². The number of rotatable bonds is 5. The number of carbonyl (C=O) groups excluding carboxylic acids is 2. The third-order valence-electron chi connectivity index (χ3n) is 3.40. The Morgan fingerprint density at radius 2 is 1.96 bits per heavy atom. The molecule has 7 heteroatoms. The summed E-state index contributed by atoms with van der Waals surface area (Å²) >= 11 is 3.34. The molecule has 0 spiro atoms. The largest absolute Gasteiger partial charge is 0.452 e. The highest BCUT2D eigenvalue weighted by molar-refractivity contribution is 9.10. The fraction of sp³-hybridized carbons (Fsp3) is 0.235. The molecule has 2 rings (SSSR count). The zero-order valence-electron chi connectivity index (χ0n) is 13.7. The van der Waals surface area contributed by atoms with Crippen LogP contribution in [0, 0.1) is 13.8 Å². The summed E-state index contributed by atoms with van der Waals surface area (Å²) in [7, 11) is 1.80. The quantitative estimate of drug-likeness (QED) is 0.627. The van der Waals surface area contributed by atoms with Crippen molar-refractivity contribution in [3.8, 4) is 0 Å². The summed E-state index contributed by atoms with van der Waals surface area (Å²) in [5.74, 6) is -0.979. The van der Waals surface area contributed by atoms with Gasteiger partial charge >= 0.3 is 5.97 Å². The molecule has 0 bridgehead atoms. The number of amides is 1. The van der Waals surface area contributed by atoms with E-state index in [0.29, 0.717) is 11.4 Å². The van der Waals surface area contributed by atoms with Gasteiger partial charge in [-0.05, 0) is 37.6 Å². The van der Waals surface area contributed by atoms with Gasteiger partial charge < -0.3 is 10.1 Å². The van der Waals surface area contributed by atoms with Crippen LogP contribution in [0.1, 0.15) is 17.0 Å². The van der Waals surface area contributed by atoms with Gasteiger partial charge in [0.1, 0.15) is 0 Å². The SMILES string of the molecule is Cc1nn(C)c(C)c1NC(=O)COC(=O)/C=C/c1ccc(Br)cc1. The lowest BCUT2D eigenvalue weighted by Gasteiger charge is -2.05. The maximum Gasteiger partial charge on any atom is 0.331 e. The Balaban J connectivity index is 1.85. The number of ether oxygens (including phenoxy) is 1. The van der Waals surface area contributed by atoms with Gasteiger partial charge in [-0.1, -0.05) is 28.1 Å². The summed E-state index contributed by atoms with van der Waals surface area (Å²) in [6.07, 6.45) is 2.92. The van der Waals surface area contributed by atoms with Gasteiger partial charge in [0.15, 0.2) is 6.61 Å². The van der Waals surface area contributed by atoms with E-state index in [1.807, 2.05) is 31.2 Å². The number of aryl methyl sites for hydroxylation is 2. The average molecular weight is 392 g/mol. The number of nitrogens with one attached hydrogen (secondary N) is 1. The molecule has 0 radical (unpaired) electrons. The number of hydrogen-bond donors (Lipinski definition) is 1. The van der Waals surface area contributed by atoms with Gasteiger partial charge in [0, 0.05) is 17.6 Å². The van der Waals surface area contributed by atoms with Crippen molar-refractivity contribution in [3.63, 3.8) is 0 Å². The second kappa shape index (κ2) is 7.92. The van der Waals surface area contributed by atoms with Crippen LogP contribution in [0.25, 0.3) is 6.08 Å². The van der Waals surface area contributed by atoms with E-state index in [2.05, 4.69) is 26.3 Å². The third-order valence-corrected chi connectivity index (χ3v) is 3.93. The van der Waals surface area contributed by atoms with Crippen molar-refractivity contribution in [2.75, 3.05) is 11.9 Å². The normalized spacial score (nSPS) is 10.8. The zero-order chi connectivity index (χ0) is 17.7. The molecule has 1 heterocycles. The summed E-state index contributed by atoms with van der Waals surface area (Å²) in [6.45, 7) is 3.30. The maximum atomic E-state index is 11.9. The zero-order valence-corrected chi connectivity index (χ0v) is 15.3. The van der Waals surface area contributed by atoms with Crippen molar-refractivity contribution >= 4 is 39.6 Å². The molecule has 0 fully saturated rings. The van der Waals surface area contributed by atoms with Crippen molar-refractivity contribution in [2.45, 2.75) is 13.8 Å². The van der Waals surface area contributed by atoms with Crippen LogP contribution in [-0.2, 0) is 21.4 Å².